The van der Waals surface area contributed by atoms with Crippen LogP contribution in [0.5, 0.6) is 5.75 Å². The molecule has 30 heavy (non-hydrogen) atoms. The Balaban J connectivity index is 1.35. The van der Waals surface area contributed by atoms with E-state index in [1.807, 2.05) is 49.4 Å². The van der Waals surface area contributed by atoms with Gasteiger partial charge in [-0.1, -0.05) is 24.3 Å². The van der Waals surface area contributed by atoms with Crippen molar-refractivity contribution in [2.24, 2.45) is 0 Å². The van der Waals surface area contributed by atoms with Gasteiger partial charge in [0.25, 0.3) is 0 Å². The Morgan fingerprint density at radius 3 is 2.93 bits per heavy atom. The zero-order valence-corrected chi connectivity index (χ0v) is 16.9. The van der Waals surface area contributed by atoms with Gasteiger partial charge in [-0.2, -0.15) is 5.26 Å². The van der Waals surface area contributed by atoms with Crippen LogP contribution >= 0.6 is 0 Å². The van der Waals surface area contributed by atoms with Crippen LogP contribution in [0.25, 0.3) is 11.5 Å². The molecule has 1 amide bonds. The van der Waals surface area contributed by atoms with E-state index >= 15 is 0 Å². The van der Waals surface area contributed by atoms with Crippen LogP contribution in [0.1, 0.15) is 41.3 Å². The van der Waals surface area contributed by atoms with Gasteiger partial charge in [-0.25, -0.2) is 4.98 Å². The van der Waals surface area contributed by atoms with E-state index in [1.165, 1.54) is 11.1 Å². The van der Waals surface area contributed by atoms with Crippen LogP contribution in [0.2, 0.25) is 0 Å². The standard InChI is InChI=1S/C24H23N3O3/c1-16-22(27-24(30-16)17-5-3-2-4-6-17)11-12-29-20-9-10-21-18(13-20)7-8-19(21)14-23(28)26-15-25/h2-6,9-10,13,19H,7-8,11-12,14H2,1H3,(H,26,28). The van der Waals surface area contributed by atoms with E-state index in [1.54, 1.807) is 6.19 Å². The third kappa shape index (κ3) is 4.36. The molecule has 3 aromatic rings. The quantitative estimate of drug-likeness (QED) is 0.471. The number of aryl methyl sites for hydroxylation is 2. The summed E-state index contributed by atoms with van der Waals surface area (Å²) in [6.45, 7) is 2.43. The Bertz CT molecular complexity index is 1080. The van der Waals surface area contributed by atoms with Crippen molar-refractivity contribution in [3.8, 4) is 23.4 Å². The first-order valence-corrected chi connectivity index (χ1v) is 10.1. The van der Waals surface area contributed by atoms with Crippen molar-refractivity contribution in [3.63, 3.8) is 0 Å². The van der Waals surface area contributed by atoms with Crippen LogP contribution in [0.4, 0.5) is 0 Å². The second-order valence-electron chi connectivity index (χ2n) is 7.45. The molecule has 0 saturated heterocycles. The number of carbonyl (C=O) groups excluding carboxylic acids is 1. The summed E-state index contributed by atoms with van der Waals surface area (Å²) < 4.78 is 11.8. The number of ether oxygens (including phenoxy) is 1. The van der Waals surface area contributed by atoms with Crippen molar-refractivity contribution >= 4 is 5.91 Å². The first kappa shape index (κ1) is 19.7. The molecule has 0 radical (unpaired) electrons. The van der Waals surface area contributed by atoms with Crippen molar-refractivity contribution in [3.05, 3.63) is 71.1 Å². The summed E-state index contributed by atoms with van der Waals surface area (Å²) in [5, 5.41) is 10.8. The van der Waals surface area contributed by atoms with Crippen LogP contribution in [0.3, 0.4) is 0 Å². The zero-order valence-electron chi connectivity index (χ0n) is 16.9. The molecule has 0 spiro atoms. The minimum absolute atomic E-state index is 0.164. The number of amides is 1. The van der Waals surface area contributed by atoms with E-state index in [2.05, 4.69) is 16.4 Å². The number of aromatic nitrogens is 1. The molecule has 1 unspecified atom stereocenters. The van der Waals surface area contributed by atoms with E-state index in [4.69, 9.17) is 14.4 Å². The first-order chi connectivity index (χ1) is 14.6. The SMILES string of the molecule is Cc1oc(-c2ccccc2)nc1CCOc1ccc2c(c1)CCC2CC(=O)NC#N. The fourth-order valence-corrected chi connectivity index (χ4v) is 3.95. The first-order valence-electron chi connectivity index (χ1n) is 10.1. The highest BCUT2D eigenvalue weighted by Crippen LogP contribution is 2.37. The molecule has 0 bridgehead atoms. The molecular weight excluding hydrogens is 378 g/mol. The number of nitrogens with one attached hydrogen (secondary N) is 1. The van der Waals surface area contributed by atoms with Crippen LogP contribution in [0, 0.1) is 18.4 Å². The summed E-state index contributed by atoms with van der Waals surface area (Å²) in [5.41, 5.74) is 4.25. The smallest absolute Gasteiger partial charge is 0.233 e. The monoisotopic (exact) mass is 401 g/mol. The third-order valence-electron chi connectivity index (χ3n) is 5.46. The van der Waals surface area contributed by atoms with Crippen molar-refractivity contribution in [2.45, 2.75) is 38.5 Å². The lowest BCUT2D eigenvalue weighted by atomic mass is 9.97. The molecule has 0 fully saturated rings. The molecule has 4 rings (SSSR count). The number of nitriles is 1. The number of fused-ring (bicyclic) bond motifs is 1. The highest BCUT2D eigenvalue weighted by molar-refractivity contribution is 5.78. The van der Waals surface area contributed by atoms with Gasteiger partial charge >= 0.3 is 0 Å². The van der Waals surface area contributed by atoms with Crippen molar-refractivity contribution < 1.29 is 13.9 Å². The predicted molar refractivity (Wildman–Crippen MR) is 112 cm³/mol. The highest BCUT2D eigenvalue weighted by atomic mass is 16.5. The predicted octanol–water partition coefficient (Wildman–Crippen LogP) is 4.29. The summed E-state index contributed by atoms with van der Waals surface area (Å²) in [4.78, 5) is 16.3. The molecular formula is C24H23N3O3. The molecule has 6 heteroatoms. The minimum atomic E-state index is -0.228. The Kier molecular flexibility index (Phi) is 5.80. The highest BCUT2D eigenvalue weighted by Gasteiger charge is 2.25. The lowest BCUT2D eigenvalue weighted by Gasteiger charge is -2.11. The summed E-state index contributed by atoms with van der Waals surface area (Å²) in [7, 11) is 0. The molecule has 1 atom stereocenters. The Hall–Kier alpha value is -3.59. The molecule has 1 N–H and O–H groups in total. The van der Waals surface area contributed by atoms with Gasteiger partial charge in [0.1, 0.15) is 11.5 Å². The molecule has 6 nitrogen and oxygen atoms in total. The van der Waals surface area contributed by atoms with Gasteiger partial charge in [0.05, 0.1) is 12.3 Å². The fourth-order valence-electron chi connectivity index (χ4n) is 3.95. The van der Waals surface area contributed by atoms with Gasteiger partial charge in [0, 0.05) is 18.4 Å². The van der Waals surface area contributed by atoms with Gasteiger partial charge in [0.15, 0.2) is 6.19 Å². The topological polar surface area (TPSA) is 88.2 Å². The average Bonchev–Trinajstić information content (AvgIpc) is 3.32. The van der Waals surface area contributed by atoms with Gasteiger partial charge in [0.2, 0.25) is 11.8 Å². The summed E-state index contributed by atoms with van der Waals surface area (Å²) >= 11 is 0. The Labute approximate surface area is 175 Å². The van der Waals surface area contributed by atoms with Gasteiger partial charge in [-0.15, -0.1) is 0 Å². The van der Waals surface area contributed by atoms with Crippen LogP contribution in [-0.4, -0.2) is 17.5 Å². The molecule has 0 aliphatic heterocycles. The number of oxazole rings is 1. The number of nitrogens with zero attached hydrogens (tertiary/aromatic N) is 2. The van der Waals surface area contributed by atoms with Crippen LogP contribution in [-0.2, 0) is 17.6 Å². The molecule has 152 valence electrons. The molecule has 1 aliphatic carbocycles. The molecule has 1 aromatic heterocycles. The number of rotatable bonds is 7. The van der Waals surface area contributed by atoms with E-state index in [9.17, 15) is 4.79 Å². The number of hydrogen-bond donors (Lipinski definition) is 1. The lowest BCUT2D eigenvalue weighted by molar-refractivity contribution is -0.120. The number of carbonyl (C=O) groups is 1. The van der Waals surface area contributed by atoms with E-state index in [0.717, 1.165) is 35.6 Å². The van der Waals surface area contributed by atoms with Gasteiger partial charge < -0.3 is 9.15 Å². The maximum atomic E-state index is 11.7. The largest absolute Gasteiger partial charge is 0.493 e. The van der Waals surface area contributed by atoms with Crippen molar-refractivity contribution in [2.75, 3.05) is 6.61 Å². The number of hydrogen-bond acceptors (Lipinski definition) is 5. The summed E-state index contributed by atoms with van der Waals surface area (Å²) in [6, 6.07) is 15.9. The van der Waals surface area contributed by atoms with Crippen molar-refractivity contribution in [1.29, 1.82) is 5.26 Å². The molecule has 0 saturated carbocycles. The molecule has 1 heterocycles. The van der Waals surface area contributed by atoms with Gasteiger partial charge in [-0.05, 0) is 61.1 Å². The summed E-state index contributed by atoms with van der Waals surface area (Å²) in [6.07, 6.45) is 4.53. The Morgan fingerprint density at radius 2 is 2.13 bits per heavy atom. The lowest BCUT2D eigenvalue weighted by Crippen LogP contribution is -2.19. The van der Waals surface area contributed by atoms with E-state index in [-0.39, 0.29) is 11.8 Å². The second kappa shape index (κ2) is 8.83. The minimum Gasteiger partial charge on any atom is -0.493 e. The number of benzene rings is 2. The Morgan fingerprint density at radius 1 is 1.30 bits per heavy atom. The second-order valence-corrected chi connectivity index (χ2v) is 7.45. The zero-order chi connectivity index (χ0) is 20.9. The molecule has 2 aromatic carbocycles. The maximum Gasteiger partial charge on any atom is 0.233 e. The normalized spacial score (nSPS) is 14.7. The third-order valence-corrected chi connectivity index (χ3v) is 5.46. The van der Waals surface area contributed by atoms with E-state index in [0.29, 0.717) is 25.3 Å². The van der Waals surface area contributed by atoms with Crippen LogP contribution < -0.4 is 10.1 Å². The molecule has 1 aliphatic rings. The fraction of sp³-hybridized carbons (Fsp3) is 0.292. The van der Waals surface area contributed by atoms with Crippen LogP contribution in [0.15, 0.2) is 52.9 Å². The van der Waals surface area contributed by atoms with E-state index < -0.39 is 0 Å². The van der Waals surface area contributed by atoms with Crippen molar-refractivity contribution in [1.82, 2.24) is 10.3 Å². The maximum absolute atomic E-state index is 11.7. The average molecular weight is 401 g/mol. The van der Waals surface area contributed by atoms with Gasteiger partial charge in [-0.3, -0.25) is 10.1 Å². The summed E-state index contributed by atoms with van der Waals surface area (Å²) in [5.74, 6) is 2.20.